The monoisotopic (exact) mass is 447 g/mol. The van der Waals surface area contributed by atoms with Gasteiger partial charge in [-0.25, -0.2) is 8.42 Å². The zero-order chi connectivity index (χ0) is 16.9. The highest BCUT2D eigenvalue weighted by molar-refractivity contribution is 14.1. The maximum absolute atomic E-state index is 12.4. The molecule has 0 aromatic heterocycles. The third-order valence-electron chi connectivity index (χ3n) is 3.12. The fourth-order valence-electron chi connectivity index (χ4n) is 1.90. The summed E-state index contributed by atoms with van der Waals surface area (Å²) in [6, 6.07) is 11.8. The number of aryl methyl sites for hydroxylation is 1. The number of halogens is 1. The summed E-state index contributed by atoms with van der Waals surface area (Å²) in [6.45, 7) is 2.77. The van der Waals surface area contributed by atoms with E-state index in [2.05, 4.69) is 27.3 Å². The van der Waals surface area contributed by atoms with E-state index >= 15 is 0 Å². The average Bonchev–Trinajstić information content (AvgIpc) is 2.51. The molecule has 0 atom stereocenters. The third kappa shape index (κ3) is 5.08. The summed E-state index contributed by atoms with van der Waals surface area (Å²) in [4.78, 5) is 0.189. The molecule has 0 aliphatic rings. The number of nitrogens with one attached hydrogen (secondary N) is 1. The molecule has 0 amide bonds. The molecule has 0 aliphatic carbocycles. The molecule has 5 nitrogen and oxygen atoms in total. The highest BCUT2D eigenvalue weighted by Gasteiger charge is 2.15. The van der Waals surface area contributed by atoms with Crippen LogP contribution >= 0.6 is 22.6 Å². The molecule has 23 heavy (non-hydrogen) atoms. The largest absolute Gasteiger partial charge is 0.491 e. The van der Waals surface area contributed by atoms with Gasteiger partial charge >= 0.3 is 0 Å². The predicted octanol–water partition coefficient (Wildman–Crippen LogP) is 3.43. The summed E-state index contributed by atoms with van der Waals surface area (Å²) in [5, 5.41) is 0. The average molecular weight is 447 g/mol. The van der Waals surface area contributed by atoms with Crippen molar-refractivity contribution in [2.24, 2.45) is 0 Å². The van der Waals surface area contributed by atoms with Gasteiger partial charge in [0.25, 0.3) is 10.0 Å². The molecular formula is C16H18INO4S. The van der Waals surface area contributed by atoms with Crippen LogP contribution in [0.1, 0.15) is 5.56 Å². The number of ether oxygens (including phenoxy) is 2. The molecule has 2 aromatic rings. The quantitative estimate of drug-likeness (QED) is 0.522. The molecule has 1 N–H and O–H groups in total. The number of methoxy groups -OCH3 is 1. The van der Waals surface area contributed by atoms with Gasteiger partial charge in [0.05, 0.1) is 17.2 Å². The maximum Gasteiger partial charge on any atom is 0.261 e. The van der Waals surface area contributed by atoms with E-state index in [9.17, 15) is 8.42 Å². The van der Waals surface area contributed by atoms with Gasteiger partial charge in [0, 0.05) is 10.7 Å². The van der Waals surface area contributed by atoms with Gasteiger partial charge < -0.3 is 9.47 Å². The predicted molar refractivity (Wildman–Crippen MR) is 98.5 cm³/mol. The van der Waals surface area contributed by atoms with Crippen LogP contribution in [0.5, 0.6) is 5.75 Å². The van der Waals surface area contributed by atoms with Crippen LogP contribution in [-0.2, 0) is 14.8 Å². The first kappa shape index (κ1) is 18.0. The molecule has 0 saturated heterocycles. The molecule has 0 aliphatic heterocycles. The molecule has 0 heterocycles. The molecule has 124 valence electrons. The van der Waals surface area contributed by atoms with Crippen LogP contribution in [0, 0.1) is 10.5 Å². The molecule has 0 bridgehead atoms. The summed E-state index contributed by atoms with van der Waals surface area (Å²) < 4.78 is 38.9. The van der Waals surface area contributed by atoms with Crippen LogP contribution in [0.2, 0.25) is 0 Å². The van der Waals surface area contributed by atoms with E-state index in [4.69, 9.17) is 9.47 Å². The summed E-state index contributed by atoms with van der Waals surface area (Å²) in [7, 11) is -2.03. The molecule has 2 rings (SSSR count). The second-order valence-electron chi connectivity index (χ2n) is 4.88. The number of anilines is 1. The van der Waals surface area contributed by atoms with Crippen molar-refractivity contribution < 1.29 is 17.9 Å². The van der Waals surface area contributed by atoms with E-state index in [1.807, 2.05) is 19.1 Å². The number of hydrogen-bond acceptors (Lipinski definition) is 4. The van der Waals surface area contributed by atoms with Gasteiger partial charge in [-0.1, -0.05) is 0 Å². The molecule has 0 saturated carbocycles. The standard InChI is InChI=1S/C16H18INO4S/c1-12-11-13(17)3-8-16(12)18-23(19,20)15-6-4-14(5-7-15)22-10-9-21-2/h3-8,11,18H,9-10H2,1-2H3. The number of sulfonamides is 1. The lowest BCUT2D eigenvalue weighted by atomic mass is 10.2. The maximum atomic E-state index is 12.4. The first-order valence-corrected chi connectivity index (χ1v) is 9.49. The summed E-state index contributed by atoms with van der Waals surface area (Å²) in [6.07, 6.45) is 0. The van der Waals surface area contributed by atoms with E-state index in [-0.39, 0.29) is 4.90 Å². The zero-order valence-electron chi connectivity index (χ0n) is 12.9. The van der Waals surface area contributed by atoms with Gasteiger partial charge in [0.1, 0.15) is 12.4 Å². The van der Waals surface area contributed by atoms with Crippen LogP contribution in [0.15, 0.2) is 47.4 Å². The highest BCUT2D eigenvalue weighted by atomic mass is 127. The number of hydrogen-bond donors (Lipinski definition) is 1. The Labute approximate surface area is 150 Å². The fraction of sp³-hybridized carbons (Fsp3) is 0.250. The molecular weight excluding hydrogens is 429 g/mol. The zero-order valence-corrected chi connectivity index (χ0v) is 15.8. The number of rotatable bonds is 7. The van der Waals surface area contributed by atoms with E-state index in [0.717, 1.165) is 9.13 Å². The molecule has 0 spiro atoms. The smallest absolute Gasteiger partial charge is 0.261 e. The van der Waals surface area contributed by atoms with Crippen LogP contribution in [0.4, 0.5) is 5.69 Å². The highest BCUT2D eigenvalue weighted by Crippen LogP contribution is 2.23. The molecule has 2 aromatic carbocycles. The summed E-state index contributed by atoms with van der Waals surface area (Å²) >= 11 is 2.19. The Hall–Kier alpha value is -1.32. The minimum absolute atomic E-state index is 0.189. The minimum atomic E-state index is -3.62. The van der Waals surface area contributed by atoms with Gasteiger partial charge in [-0.05, 0) is 77.5 Å². The third-order valence-corrected chi connectivity index (χ3v) is 5.18. The first-order valence-electron chi connectivity index (χ1n) is 6.93. The van der Waals surface area contributed by atoms with Crippen molar-refractivity contribution in [2.75, 3.05) is 25.0 Å². The Morgan fingerprint density at radius 3 is 2.39 bits per heavy atom. The van der Waals surface area contributed by atoms with Gasteiger partial charge in [-0.2, -0.15) is 0 Å². The van der Waals surface area contributed by atoms with Gasteiger partial charge in [0.2, 0.25) is 0 Å². The van der Waals surface area contributed by atoms with Gasteiger partial charge in [-0.15, -0.1) is 0 Å². The van der Waals surface area contributed by atoms with Gasteiger partial charge in [0.15, 0.2) is 0 Å². The number of benzene rings is 2. The van der Waals surface area contributed by atoms with Crippen LogP contribution in [-0.4, -0.2) is 28.7 Å². The lowest BCUT2D eigenvalue weighted by Crippen LogP contribution is -2.13. The normalized spacial score (nSPS) is 11.3. The van der Waals surface area contributed by atoms with Crippen molar-refractivity contribution in [2.45, 2.75) is 11.8 Å². The molecule has 0 fully saturated rings. The van der Waals surface area contributed by atoms with Crippen LogP contribution in [0.25, 0.3) is 0 Å². The van der Waals surface area contributed by atoms with Crippen molar-refractivity contribution in [1.29, 1.82) is 0 Å². The topological polar surface area (TPSA) is 64.6 Å². The Balaban J connectivity index is 2.13. The lowest BCUT2D eigenvalue weighted by Gasteiger charge is -2.11. The summed E-state index contributed by atoms with van der Waals surface area (Å²) in [5.41, 5.74) is 1.45. The van der Waals surface area contributed by atoms with Crippen molar-refractivity contribution in [3.63, 3.8) is 0 Å². The van der Waals surface area contributed by atoms with Crippen molar-refractivity contribution >= 4 is 38.3 Å². The van der Waals surface area contributed by atoms with E-state index in [0.29, 0.717) is 24.7 Å². The van der Waals surface area contributed by atoms with Crippen molar-refractivity contribution in [1.82, 2.24) is 0 Å². The van der Waals surface area contributed by atoms with E-state index < -0.39 is 10.0 Å². The van der Waals surface area contributed by atoms with Crippen LogP contribution in [0.3, 0.4) is 0 Å². The second kappa shape index (κ2) is 7.98. The lowest BCUT2D eigenvalue weighted by molar-refractivity contribution is 0.146. The minimum Gasteiger partial charge on any atom is -0.491 e. The Bertz CT molecular complexity index is 760. The summed E-state index contributed by atoms with van der Waals surface area (Å²) in [5.74, 6) is 0.603. The Morgan fingerprint density at radius 2 is 1.78 bits per heavy atom. The van der Waals surface area contributed by atoms with E-state index in [1.165, 1.54) is 12.1 Å². The van der Waals surface area contributed by atoms with Crippen molar-refractivity contribution in [3.8, 4) is 5.75 Å². The second-order valence-corrected chi connectivity index (χ2v) is 7.81. The Morgan fingerprint density at radius 1 is 1.09 bits per heavy atom. The van der Waals surface area contributed by atoms with Gasteiger partial charge in [-0.3, -0.25) is 4.72 Å². The molecule has 0 radical (unpaired) electrons. The SMILES string of the molecule is COCCOc1ccc(S(=O)(=O)Nc2ccc(I)cc2C)cc1. The van der Waals surface area contributed by atoms with E-state index in [1.54, 1.807) is 25.3 Å². The molecule has 7 heteroatoms. The molecule has 0 unspecified atom stereocenters. The Kier molecular flexibility index (Phi) is 6.25. The van der Waals surface area contributed by atoms with Crippen molar-refractivity contribution in [3.05, 3.63) is 51.6 Å². The first-order chi connectivity index (χ1) is 10.9. The van der Waals surface area contributed by atoms with Crippen LogP contribution < -0.4 is 9.46 Å². The fourth-order valence-corrected chi connectivity index (χ4v) is 3.68.